The Kier molecular flexibility index (Phi) is 4.76. The first kappa shape index (κ1) is 17.2. The average molecular weight is 357 g/mol. The van der Waals surface area contributed by atoms with Crippen molar-refractivity contribution in [3.63, 3.8) is 0 Å². The number of halogens is 1. The predicted molar refractivity (Wildman–Crippen MR) is 95.3 cm³/mol. The van der Waals surface area contributed by atoms with Crippen molar-refractivity contribution < 1.29 is 13.9 Å². The maximum absolute atomic E-state index is 13.6. The number of hydrogen-bond donors (Lipinski definition) is 1. The molecule has 4 rings (SSSR count). The molecule has 2 saturated heterocycles. The van der Waals surface area contributed by atoms with E-state index in [9.17, 15) is 9.18 Å². The Bertz CT molecular complexity index is 739. The third-order valence-corrected chi connectivity index (χ3v) is 5.82. The Morgan fingerprint density at radius 2 is 2.00 bits per heavy atom. The topological polar surface area (TPSA) is 58.2 Å². The molecule has 2 aliphatic rings. The summed E-state index contributed by atoms with van der Waals surface area (Å²) in [6, 6.07) is 8.40. The lowest BCUT2D eigenvalue weighted by atomic mass is 9.72. The van der Waals surface area contributed by atoms with E-state index in [0.717, 1.165) is 30.6 Å². The van der Waals surface area contributed by atoms with Crippen molar-refractivity contribution in [2.24, 2.45) is 0 Å². The minimum Gasteiger partial charge on any atom is -0.381 e. The minimum absolute atomic E-state index is 0.150. The zero-order valence-electron chi connectivity index (χ0n) is 14.8. The van der Waals surface area contributed by atoms with E-state index >= 15 is 0 Å². The second-order valence-electron chi connectivity index (χ2n) is 7.30. The largest absolute Gasteiger partial charge is 0.381 e. The smallest absolute Gasteiger partial charge is 0.233 e. The van der Waals surface area contributed by atoms with Crippen LogP contribution in [0.2, 0.25) is 0 Å². The van der Waals surface area contributed by atoms with E-state index in [0.29, 0.717) is 38.5 Å². The van der Waals surface area contributed by atoms with E-state index < -0.39 is 5.41 Å². The van der Waals surface area contributed by atoms with Crippen LogP contribution in [0.3, 0.4) is 0 Å². The van der Waals surface area contributed by atoms with Gasteiger partial charge in [0, 0.05) is 44.1 Å². The molecule has 0 bridgehead atoms. The number of piperidine rings is 1. The Morgan fingerprint density at radius 3 is 2.69 bits per heavy atom. The number of ether oxygens (including phenoxy) is 1. The Labute approximate surface area is 152 Å². The Hall–Kier alpha value is -2.21. The summed E-state index contributed by atoms with van der Waals surface area (Å²) in [7, 11) is 0. The number of carbonyl (C=O) groups is 1. The van der Waals surface area contributed by atoms with Crippen molar-refractivity contribution in [3.05, 3.63) is 53.6 Å². The molecule has 0 aliphatic carbocycles. The number of H-pyrrole nitrogens is 1. The van der Waals surface area contributed by atoms with Gasteiger partial charge in [0.05, 0.1) is 5.41 Å². The van der Waals surface area contributed by atoms with Gasteiger partial charge in [-0.3, -0.25) is 9.89 Å². The second kappa shape index (κ2) is 7.19. The van der Waals surface area contributed by atoms with Gasteiger partial charge in [-0.1, -0.05) is 12.1 Å². The van der Waals surface area contributed by atoms with E-state index in [1.165, 1.54) is 12.1 Å². The molecule has 2 aromatic rings. The maximum atomic E-state index is 13.6. The van der Waals surface area contributed by atoms with Crippen LogP contribution in [-0.4, -0.2) is 47.3 Å². The number of likely N-dealkylation sites (tertiary alicyclic amines) is 1. The van der Waals surface area contributed by atoms with Gasteiger partial charge in [0.1, 0.15) is 5.82 Å². The zero-order valence-corrected chi connectivity index (χ0v) is 14.8. The molecule has 2 fully saturated rings. The number of amides is 1. The first-order valence-corrected chi connectivity index (χ1v) is 9.31. The van der Waals surface area contributed by atoms with Crippen LogP contribution in [0.4, 0.5) is 4.39 Å². The lowest BCUT2D eigenvalue weighted by Crippen LogP contribution is -2.52. The van der Waals surface area contributed by atoms with Crippen LogP contribution in [-0.2, 0) is 14.9 Å². The van der Waals surface area contributed by atoms with Gasteiger partial charge in [0.25, 0.3) is 0 Å². The fraction of sp³-hybridized carbons (Fsp3) is 0.500. The summed E-state index contributed by atoms with van der Waals surface area (Å²) in [4.78, 5) is 15.6. The Balaban J connectivity index is 1.61. The summed E-state index contributed by atoms with van der Waals surface area (Å²) < 4.78 is 18.9. The molecule has 5 nitrogen and oxygen atoms in total. The summed E-state index contributed by atoms with van der Waals surface area (Å²) in [6.45, 7) is 2.58. The van der Waals surface area contributed by atoms with Crippen molar-refractivity contribution >= 4 is 5.91 Å². The number of benzene rings is 1. The van der Waals surface area contributed by atoms with Crippen LogP contribution in [0, 0.1) is 5.82 Å². The summed E-state index contributed by atoms with van der Waals surface area (Å²) in [5.74, 6) is 0.164. The van der Waals surface area contributed by atoms with E-state index in [4.69, 9.17) is 4.74 Å². The third kappa shape index (κ3) is 3.14. The Morgan fingerprint density at radius 1 is 1.23 bits per heavy atom. The second-order valence-corrected chi connectivity index (χ2v) is 7.30. The van der Waals surface area contributed by atoms with Crippen molar-refractivity contribution in [1.82, 2.24) is 15.1 Å². The van der Waals surface area contributed by atoms with Gasteiger partial charge in [0.15, 0.2) is 0 Å². The number of hydrogen-bond acceptors (Lipinski definition) is 3. The number of aromatic amines is 1. The highest BCUT2D eigenvalue weighted by Gasteiger charge is 2.45. The monoisotopic (exact) mass is 357 g/mol. The van der Waals surface area contributed by atoms with Gasteiger partial charge in [0.2, 0.25) is 5.91 Å². The molecule has 1 atom stereocenters. The molecule has 6 heteroatoms. The summed E-state index contributed by atoms with van der Waals surface area (Å²) in [6.07, 6.45) is 5.07. The van der Waals surface area contributed by atoms with Crippen LogP contribution in [0.1, 0.15) is 42.9 Å². The van der Waals surface area contributed by atoms with E-state index in [2.05, 4.69) is 10.2 Å². The number of nitrogens with zero attached hydrogens (tertiary/aromatic N) is 2. The van der Waals surface area contributed by atoms with Crippen molar-refractivity contribution in [3.8, 4) is 0 Å². The van der Waals surface area contributed by atoms with E-state index in [1.807, 2.05) is 11.0 Å². The predicted octanol–water partition coefficient (Wildman–Crippen LogP) is 3.00. The summed E-state index contributed by atoms with van der Waals surface area (Å²) in [5, 5.41) is 7.09. The molecular formula is C20H24FN3O2. The molecule has 0 saturated carbocycles. The highest BCUT2D eigenvalue weighted by atomic mass is 19.1. The lowest BCUT2D eigenvalue weighted by molar-refractivity contribution is -0.142. The van der Waals surface area contributed by atoms with Gasteiger partial charge in [-0.15, -0.1) is 0 Å². The molecule has 0 spiro atoms. The fourth-order valence-electron chi connectivity index (χ4n) is 4.33. The van der Waals surface area contributed by atoms with E-state index in [1.54, 1.807) is 18.3 Å². The summed E-state index contributed by atoms with van der Waals surface area (Å²) >= 11 is 0. The molecular weight excluding hydrogens is 333 g/mol. The van der Waals surface area contributed by atoms with Crippen LogP contribution in [0.25, 0.3) is 0 Å². The van der Waals surface area contributed by atoms with Crippen LogP contribution < -0.4 is 0 Å². The van der Waals surface area contributed by atoms with Crippen LogP contribution in [0.15, 0.2) is 36.5 Å². The number of carbonyl (C=O) groups excluding carboxylic acids is 1. The van der Waals surface area contributed by atoms with Crippen molar-refractivity contribution in [2.45, 2.75) is 37.0 Å². The molecule has 0 unspecified atom stereocenters. The molecule has 3 heterocycles. The first-order chi connectivity index (χ1) is 12.7. The third-order valence-electron chi connectivity index (χ3n) is 5.82. The van der Waals surface area contributed by atoms with E-state index in [-0.39, 0.29) is 11.7 Å². The quantitative estimate of drug-likeness (QED) is 0.919. The van der Waals surface area contributed by atoms with Crippen LogP contribution >= 0.6 is 0 Å². The molecule has 138 valence electrons. The molecule has 1 aromatic heterocycles. The fourth-order valence-corrected chi connectivity index (χ4v) is 4.33. The van der Waals surface area contributed by atoms with Gasteiger partial charge >= 0.3 is 0 Å². The zero-order chi connectivity index (χ0) is 18.0. The molecule has 1 N–H and O–H groups in total. The normalized spacial score (nSPS) is 23.0. The number of rotatable bonds is 3. The van der Waals surface area contributed by atoms with Crippen molar-refractivity contribution in [1.29, 1.82) is 0 Å². The van der Waals surface area contributed by atoms with Gasteiger partial charge in [-0.2, -0.15) is 5.10 Å². The van der Waals surface area contributed by atoms with Gasteiger partial charge < -0.3 is 9.64 Å². The SMILES string of the molecule is O=C(N1CCC[C@H](c2ccn[nH]2)C1)C1(c2ccc(F)cc2)CCOCC1. The highest BCUT2D eigenvalue weighted by Crippen LogP contribution is 2.38. The number of aromatic nitrogens is 2. The molecule has 1 amide bonds. The standard InChI is InChI=1S/C20H24FN3O2/c21-17-5-3-16(4-6-17)20(8-12-26-13-9-20)19(25)24-11-1-2-15(14-24)18-7-10-22-23-18/h3-7,10,15H,1-2,8-9,11-14H2,(H,22,23)/t15-/m0/s1. The van der Waals surface area contributed by atoms with Crippen LogP contribution in [0.5, 0.6) is 0 Å². The number of nitrogens with one attached hydrogen (secondary N) is 1. The maximum Gasteiger partial charge on any atom is 0.233 e. The van der Waals surface area contributed by atoms with Crippen molar-refractivity contribution in [2.75, 3.05) is 26.3 Å². The molecule has 2 aliphatic heterocycles. The van der Waals surface area contributed by atoms with Gasteiger partial charge in [-0.25, -0.2) is 4.39 Å². The molecule has 26 heavy (non-hydrogen) atoms. The lowest BCUT2D eigenvalue weighted by Gasteiger charge is -2.42. The summed E-state index contributed by atoms with van der Waals surface area (Å²) in [5.41, 5.74) is 1.38. The first-order valence-electron chi connectivity index (χ1n) is 9.31. The van der Waals surface area contributed by atoms with Gasteiger partial charge in [-0.05, 0) is 49.4 Å². The minimum atomic E-state index is -0.609. The molecule has 1 aromatic carbocycles. The highest BCUT2D eigenvalue weighted by molar-refractivity contribution is 5.88. The molecule has 0 radical (unpaired) electrons. The average Bonchev–Trinajstić information content (AvgIpc) is 3.23.